The van der Waals surface area contributed by atoms with Crippen molar-refractivity contribution >= 4 is 18.6 Å². The normalized spacial score (nSPS) is 10.4. The van der Waals surface area contributed by atoms with E-state index in [4.69, 9.17) is 4.74 Å². The molecule has 0 rings (SSSR count). The molecule has 0 N–H and O–H groups in total. The van der Waals surface area contributed by atoms with Crippen molar-refractivity contribution in [3.63, 3.8) is 0 Å². The highest BCUT2D eigenvalue weighted by atomic mass is 32.1. The van der Waals surface area contributed by atoms with Crippen LogP contribution in [-0.2, 0) is 9.53 Å². The van der Waals surface area contributed by atoms with E-state index in [2.05, 4.69) is 26.1 Å². The summed E-state index contributed by atoms with van der Waals surface area (Å²) >= 11 is 3.84. The van der Waals surface area contributed by atoms with Crippen LogP contribution in [0.3, 0.4) is 0 Å². The van der Waals surface area contributed by atoms with E-state index in [-0.39, 0.29) is 4.91 Å². The monoisotopic (exact) mass is 286 g/mol. The lowest BCUT2D eigenvalue weighted by Gasteiger charge is -2.04. The van der Waals surface area contributed by atoms with Gasteiger partial charge in [0, 0.05) is 0 Å². The van der Waals surface area contributed by atoms with E-state index in [1.165, 1.54) is 57.8 Å². The maximum Gasteiger partial charge on any atom is 0.343 e. The fourth-order valence-electron chi connectivity index (χ4n) is 2.01. The maximum absolute atomic E-state index is 11.0. The predicted octanol–water partition coefficient (Wildman–Crippen LogP) is 5.28. The van der Waals surface area contributed by atoms with Gasteiger partial charge >= 0.3 is 5.97 Å². The Kier molecular flexibility index (Phi) is 13.7. The van der Waals surface area contributed by atoms with Gasteiger partial charge in [-0.3, -0.25) is 0 Å². The van der Waals surface area contributed by atoms with Crippen LogP contribution in [0.4, 0.5) is 0 Å². The number of carbonyl (C=O) groups excluding carboxylic acids is 1. The van der Waals surface area contributed by atoms with Crippen molar-refractivity contribution in [1.82, 2.24) is 0 Å². The summed E-state index contributed by atoms with van der Waals surface area (Å²) in [6.07, 6.45) is 14.3. The molecule has 0 aliphatic carbocycles. The lowest BCUT2D eigenvalue weighted by molar-refractivity contribution is -0.138. The van der Waals surface area contributed by atoms with E-state index in [1.807, 2.05) is 0 Å². The van der Waals surface area contributed by atoms with Crippen LogP contribution < -0.4 is 0 Å². The lowest BCUT2D eigenvalue weighted by atomic mass is 10.1. The largest absolute Gasteiger partial charge is 0.462 e. The fourth-order valence-corrected chi connectivity index (χ4v) is 2.08. The minimum atomic E-state index is -0.393. The van der Waals surface area contributed by atoms with Gasteiger partial charge in [-0.25, -0.2) is 4.79 Å². The molecular formula is C16H30O2S. The molecule has 0 amide bonds. The van der Waals surface area contributed by atoms with Gasteiger partial charge in [-0.05, 0) is 6.42 Å². The Hall–Kier alpha value is -0.440. The van der Waals surface area contributed by atoms with Gasteiger partial charge in [0.1, 0.15) is 0 Å². The zero-order valence-electron chi connectivity index (χ0n) is 12.5. The van der Waals surface area contributed by atoms with Crippen LogP contribution >= 0.6 is 12.6 Å². The van der Waals surface area contributed by atoms with Gasteiger partial charge in [-0.1, -0.05) is 77.7 Å². The van der Waals surface area contributed by atoms with Crippen LogP contribution in [0.2, 0.25) is 0 Å². The van der Waals surface area contributed by atoms with E-state index in [0.717, 1.165) is 12.8 Å². The second-order valence-electron chi connectivity index (χ2n) is 5.12. The molecule has 112 valence electrons. The highest BCUT2D eigenvalue weighted by molar-refractivity contribution is 7.85. The molecule has 3 heteroatoms. The number of carbonyl (C=O) groups is 1. The summed E-state index contributed by atoms with van der Waals surface area (Å²) in [5.74, 6) is -0.393. The zero-order valence-corrected chi connectivity index (χ0v) is 13.4. The molecule has 0 aromatic heterocycles. The van der Waals surface area contributed by atoms with Crippen LogP contribution in [0.1, 0.15) is 77.6 Å². The molecule has 0 heterocycles. The SMILES string of the molecule is C=C(S)C(=O)OCCCCCCCCCCCCC. The van der Waals surface area contributed by atoms with Crippen LogP contribution in [0, 0.1) is 0 Å². The van der Waals surface area contributed by atoms with Gasteiger partial charge in [0.2, 0.25) is 0 Å². The second kappa shape index (κ2) is 14.0. The van der Waals surface area contributed by atoms with Crippen molar-refractivity contribution in [2.45, 2.75) is 77.6 Å². The molecule has 0 bridgehead atoms. The third-order valence-electron chi connectivity index (χ3n) is 3.22. The number of esters is 1. The number of hydrogen-bond donors (Lipinski definition) is 1. The Morgan fingerprint density at radius 3 is 1.74 bits per heavy atom. The smallest absolute Gasteiger partial charge is 0.343 e. The molecule has 0 fully saturated rings. The summed E-state index contributed by atoms with van der Waals surface area (Å²) in [6.45, 7) is 6.17. The number of unbranched alkanes of at least 4 members (excludes halogenated alkanes) is 10. The van der Waals surface area contributed by atoms with E-state index in [1.54, 1.807) is 0 Å². The standard InChI is InChI=1S/C16H30O2S/c1-3-4-5-6-7-8-9-10-11-12-13-14-18-16(17)15(2)19/h19H,2-14H2,1H3. The molecule has 0 saturated carbocycles. The van der Waals surface area contributed by atoms with Crippen molar-refractivity contribution in [2.75, 3.05) is 6.61 Å². The number of ether oxygens (including phenoxy) is 1. The molecule has 0 aliphatic rings. The van der Waals surface area contributed by atoms with Gasteiger partial charge in [0.15, 0.2) is 0 Å². The van der Waals surface area contributed by atoms with Gasteiger partial charge < -0.3 is 4.74 Å². The summed E-state index contributed by atoms with van der Waals surface area (Å²) in [4.78, 5) is 11.2. The summed E-state index contributed by atoms with van der Waals surface area (Å²) < 4.78 is 4.97. The molecule has 2 nitrogen and oxygen atoms in total. The molecule has 0 atom stereocenters. The van der Waals surface area contributed by atoms with Crippen molar-refractivity contribution in [3.05, 3.63) is 11.5 Å². The van der Waals surface area contributed by atoms with Crippen molar-refractivity contribution in [1.29, 1.82) is 0 Å². The van der Waals surface area contributed by atoms with Crippen LogP contribution in [-0.4, -0.2) is 12.6 Å². The van der Waals surface area contributed by atoms with Crippen molar-refractivity contribution < 1.29 is 9.53 Å². The van der Waals surface area contributed by atoms with Crippen LogP contribution in [0.5, 0.6) is 0 Å². The Labute approximate surface area is 124 Å². The molecule has 0 unspecified atom stereocenters. The first-order valence-corrected chi connectivity index (χ1v) is 8.18. The maximum atomic E-state index is 11.0. The third kappa shape index (κ3) is 13.8. The number of thiol groups is 1. The number of hydrogen-bond acceptors (Lipinski definition) is 3. The first-order chi connectivity index (χ1) is 9.18. The molecule has 0 saturated heterocycles. The Morgan fingerprint density at radius 2 is 1.32 bits per heavy atom. The fraction of sp³-hybridized carbons (Fsp3) is 0.812. The Balaban J connectivity index is 3.07. The summed E-state index contributed by atoms with van der Waals surface area (Å²) in [7, 11) is 0. The average molecular weight is 286 g/mol. The third-order valence-corrected chi connectivity index (χ3v) is 3.40. The summed E-state index contributed by atoms with van der Waals surface area (Å²) in [5, 5.41) is 0. The number of rotatable bonds is 13. The van der Waals surface area contributed by atoms with Crippen molar-refractivity contribution in [2.24, 2.45) is 0 Å². The van der Waals surface area contributed by atoms with Gasteiger partial charge in [-0.2, -0.15) is 0 Å². The first kappa shape index (κ1) is 18.6. The molecular weight excluding hydrogens is 256 g/mol. The molecule has 19 heavy (non-hydrogen) atoms. The van der Waals surface area contributed by atoms with Crippen LogP contribution in [0.25, 0.3) is 0 Å². The highest BCUT2D eigenvalue weighted by Crippen LogP contribution is 2.11. The van der Waals surface area contributed by atoms with Crippen LogP contribution in [0.15, 0.2) is 11.5 Å². The van der Waals surface area contributed by atoms with E-state index in [9.17, 15) is 4.79 Å². The topological polar surface area (TPSA) is 26.3 Å². The minimum absolute atomic E-state index is 0.183. The minimum Gasteiger partial charge on any atom is -0.462 e. The van der Waals surface area contributed by atoms with E-state index in [0.29, 0.717) is 6.61 Å². The summed E-state index contributed by atoms with van der Waals surface area (Å²) in [6, 6.07) is 0. The molecule has 0 aromatic rings. The average Bonchev–Trinajstić information content (AvgIpc) is 2.39. The first-order valence-electron chi connectivity index (χ1n) is 7.73. The van der Waals surface area contributed by atoms with Crippen molar-refractivity contribution in [3.8, 4) is 0 Å². The van der Waals surface area contributed by atoms with Gasteiger partial charge in [-0.15, -0.1) is 12.6 Å². The Bertz CT molecular complexity index is 239. The highest BCUT2D eigenvalue weighted by Gasteiger charge is 2.02. The molecule has 0 aromatic carbocycles. The molecule has 0 spiro atoms. The molecule has 0 radical (unpaired) electrons. The zero-order chi connectivity index (χ0) is 14.3. The molecule has 0 aliphatic heterocycles. The van der Waals surface area contributed by atoms with E-state index < -0.39 is 5.97 Å². The van der Waals surface area contributed by atoms with Gasteiger partial charge in [0.05, 0.1) is 11.5 Å². The second-order valence-corrected chi connectivity index (χ2v) is 5.66. The predicted molar refractivity (Wildman–Crippen MR) is 85.5 cm³/mol. The lowest BCUT2D eigenvalue weighted by Crippen LogP contribution is -2.04. The van der Waals surface area contributed by atoms with E-state index >= 15 is 0 Å². The summed E-state index contributed by atoms with van der Waals surface area (Å²) in [5.41, 5.74) is 0. The quantitative estimate of drug-likeness (QED) is 0.216. The Morgan fingerprint density at radius 1 is 0.895 bits per heavy atom. The van der Waals surface area contributed by atoms with Gasteiger partial charge in [0.25, 0.3) is 0 Å².